The van der Waals surface area contributed by atoms with Gasteiger partial charge in [0.25, 0.3) is 0 Å². The molecule has 2 fully saturated rings. The first-order chi connectivity index (χ1) is 9.45. The second kappa shape index (κ2) is 3.79. The quantitative estimate of drug-likeness (QED) is 0.840. The van der Waals surface area contributed by atoms with E-state index < -0.39 is 23.8 Å². The number of fused-ring (bicyclic) bond motifs is 5. The lowest BCUT2D eigenvalue weighted by molar-refractivity contribution is -0.228. The maximum atomic E-state index is 11.3. The van der Waals surface area contributed by atoms with Crippen LogP contribution in [0.15, 0.2) is 0 Å². The number of ether oxygens (including phenoxy) is 3. The number of hydrogen-bond acceptors (Lipinski definition) is 6. The molecule has 0 aromatic carbocycles. The summed E-state index contributed by atoms with van der Waals surface area (Å²) in [6.07, 6.45) is 0.293. The molecular formula is C13H19N3O4. The molecule has 110 valence electrons. The van der Waals surface area contributed by atoms with Crippen LogP contribution in [0.1, 0.15) is 38.6 Å². The maximum Gasteiger partial charge on any atom is 0.191 e. The number of hydrogen-bond donors (Lipinski definition) is 1. The molecule has 1 N–H and O–H groups in total. The molecule has 0 amide bonds. The minimum atomic E-state index is -1.22. The molecule has 3 aliphatic heterocycles. The number of rotatable bonds is 2. The zero-order valence-corrected chi connectivity index (χ0v) is 11.9. The van der Waals surface area contributed by atoms with Crippen molar-refractivity contribution in [2.24, 2.45) is 0 Å². The summed E-state index contributed by atoms with van der Waals surface area (Å²) in [7, 11) is 0. The summed E-state index contributed by atoms with van der Waals surface area (Å²) in [4.78, 5) is 0. The van der Waals surface area contributed by atoms with Crippen LogP contribution >= 0.6 is 0 Å². The van der Waals surface area contributed by atoms with Crippen LogP contribution in [-0.4, -0.2) is 44.4 Å². The van der Waals surface area contributed by atoms with Crippen molar-refractivity contribution < 1.29 is 19.3 Å². The summed E-state index contributed by atoms with van der Waals surface area (Å²) in [6, 6.07) is 0. The zero-order chi connectivity index (χ0) is 14.1. The first kappa shape index (κ1) is 12.7. The summed E-state index contributed by atoms with van der Waals surface area (Å²) in [5.41, 5.74) is 0.347. The largest absolute Gasteiger partial charge is 0.378 e. The highest BCUT2D eigenvalue weighted by Gasteiger charge is 2.68. The Morgan fingerprint density at radius 2 is 2.20 bits per heavy atom. The summed E-state index contributed by atoms with van der Waals surface area (Å²) in [5, 5.41) is 19.6. The van der Waals surface area contributed by atoms with Crippen LogP contribution in [0.25, 0.3) is 0 Å². The normalized spacial score (nSPS) is 40.7. The van der Waals surface area contributed by atoms with Gasteiger partial charge in [-0.15, -0.1) is 5.10 Å². The Morgan fingerprint density at radius 1 is 1.40 bits per heavy atom. The molecule has 0 unspecified atom stereocenters. The minimum Gasteiger partial charge on any atom is -0.378 e. The molecule has 0 bridgehead atoms. The number of aryl methyl sites for hydroxylation is 1. The molecular weight excluding hydrogens is 262 g/mol. The number of aromatic nitrogens is 3. The van der Waals surface area contributed by atoms with Crippen LogP contribution in [0.2, 0.25) is 0 Å². The van der Waals surface area contributed by atoms with Gasteiger partial charge in [0.1, 0.15) is 12.2 Å². The van der Waals surface area contributed by atoms with E-state index >= 15 is 0 Å². The van der Waals surface area contributed by atoms with Crippen molar-refractivity contribution in [1.82, 2.24) is 15.0 Å². The summed E-state index contributed by atoms with van der Waals surface area (Å²) >= 11 is 0. The third-order valence-corrected chi connectivity index (χ3v) is 4.29. The lowest BCUT2D eigenvalue weighted by Crippen LogP contribution is -2.44. The van der Waals surface area contributed by atoms with E-state index in [-0.39, 0.29) is 6.10 Å². The molecule has 4 atom stereocenters. The minimum absolute atomic E-state index is 0.380. The van der Waals surface area contributed by atoms with Crippen molar-refractivity contribution in [3.63, 3.8) is 0 Å². The molecule has 4 rings (SSSR count). The first-order valence-corrected chi connectivity index (χ1v) is 7.12. The predicted octanol–water partition coefficient (Wildman–Crippen LogP) is 0.308. The van der Waals surface area contributed by atoms with Crippen LogP contribution in [0.5, 0.6) is 0 Å². The number of aliphatic hydroxyl groups is 1. The topological polar surface area (TPSA) is 78.6 Å². The van der Waals surface area contributed by atoms with Gasteiger partial charge in [-0.2, -0.15) is 0 Å². The fourth-order valence-corrected chi connectivity index (χ4v) is 3.52. The highest BCUT2D eigenvalue weighted by molar-refractivity contribution is 5.30. The van der Waals surface area contributed by atoms with Gasteiger partial charge in [-0.3, -0.25) is 0 Å². The summed E-state index contributed by atoms with van der Waals surface area (Å²) in [6.45, 7) is 6.21. The third-order valence-electron chi connectivity index (χ3n) is 4.29. The Kier molecular flexibility index (Phi) is 2.41. The van der Waals surface area contributed by atoms with E-state index in [9.17, 15) is 5.11 Å². The van der Waals surface area contributed by atoms with E-state index in [1.807, 2.05) is 13.8 Å². The van der Waals surface area contributed by atoms with Crippen molar-refractivity contribution in [1.29, 1.82) is 0 Å². The molecule has 20 heavy (non-hydrogen) atoms. The standard InChI is InChI=1S/C13H19N3O4/c1-4-5-7-9-13(17)8(6-16(9)15-14-7)18-11-10(13)19-12(2,3)20-11/h8,10-11,17H,4-6H2,1-3H3/t8-,10+,11-,13+/m1/s1. The maximum absolute atomic E-state index is 11.3. The molecule has 0 radical (unpaired) electrons. The van der Waals surface area contributed by atoms with E-state index in [1.54, 1.807) is 4.68 Å². The zero-order valence-electron chi connectivity index (χ0n) is 11.9. The van der Waals surface area contributed by atoms with E-state index in [1.165, 1.54) is 0 Å². The van der Waals surface area contributed by atoms with Crippen LogP contribution in [0.3, 0.4) is 0 Å². The van der Waals surface area contributed by atoms with Gasteiger partial charge in [0.15, 0.2) is 17.7 Å². The van der Waals surface area contributed by atoms with Crippen LogP contribution < -0.4 is 0 Å². The fraction of sp³-hybridized carbons (Fsp3) is 0.846. The molecule has 7 heteroatoms. The molecule has 7 nitrogen and oxygen atoms in total. The summed E-state index contributed by atoms with van der Waals surface area (Å²) in [5.74, 6) is -0.748. The highest BCUT2D eigenvalue weighted by Crippen LogP contribution is 2.51. The predicted molar refractivity (Wildman–Crippen MR) is 66.6 cm³/mol. The average Bonchev–Trinajstić information content (AvgIpc) is 3.01. The summed E-state index contributed by atoms with van der Waals surface area (Å²) < 4.78 is 19.2. The monoisotopic (exact) mass is 281 g/mol. The van der Waals surface area contributed by atoms with E-state index in [2.05, 4.69) is 17.2 Å². The lowest BCUT2D eigenvalue weighted by Gasteiger charge is -2.28. The molecule has 0 aliphatic carbocycles. The van der Waals surface area contributed by atoms with Crippen molar-refractivity contribution in [3.8, 4) is 0 Å². The van der Waals surface area contributed by atoms with Gasteiger partial charge in [0.05, 0.1) is 17.9 Å². The molecule has 3 aliphatic rings. The van der Waals surface area contributed by atoms with Gasteiger partial charge < -0.3 is 19.3 Å². The molecule has 2 saturated heterocycles. The Balaban J connectivity index is 1.78. The third kappa shape index (κ3) is 1.43. The van der Waals surface area contributed by atoms with Gasteiger partial charge >= 0.3 is 0 Å². The molecule has 0 spiro atoms. The Labute approximate surface area is 116 Å². The average molecular weight is 281 g/mol. The van der Waals surface area contributed by atoms with E-state index in [0.29, 0.717) is 6.54 Å². The van der Waals surface area contributed by atoms with Gasteiger partial charge in [-0.25, -0.2) is 4.68 Å². The SMILES string of the molecule is CCCc1nnn2c1[C@@]1(O)[C@@H](C2)O[C@@H]2OC(C)(C)O[C@@H]21. The molecule has 1 aromatic heterocycles. The van der Waals surface area contributed by atoms with Crippen LogP contribution in [0, 0.1) is 0 Å². The Morgan fingerprint density at radius 3 is 2.95 bits per heavy atom. The molecule has 0 saturated carbocycles. The first-order valence-electron chi connectivity index (χ1n) is 7.12. The second-order valence-corrected chi connectivity index (χ2v) is 6.19. The molecule has 1 aromatic rings. The van der Waals surface area contributed by atoms with Crippen LogP contribution in [-0.2, 0) is 32.8 Å². The fourth-order valence-electron chi connectivity index (χ4n) is 3.52. The van der Waals surface area contributed by atoms with E-state index in [0.717, 1.165) is 24.2 Å². The number of nitrogens with zero attached hydrogens (tertiary/aromatic N) is 3. The van der Waals surface area contributed by atoms with Crippen molar-refractivity contribution in [3.05, 3.63) is 11.4 Å². The molecule has 4 heterocycles. The highest BCUT2D eigenvalue weighted by atomic mass is 16.8. The van der Waals surface area contributed by atoms with Crippen molar-refractivity contribution >= 4 is 0 Å². The van der Waals surface area contributed by atoms with Gasteiger partial charge in [0, 0.05) is 0 Å². The van der Waals surface area contributed by atoms with Gasteiger partial charge in [0.2, 0.25) is 0 Å². The van der Waals surface area contributed by atoms with Crippen LogP contribution in [0.4, 0.5) is 0 Å². The van der Waals surface area contributed by atoms with E-state index in [4.69, 9.17) is 14.2 Å². The smallest absolute Gasteiger partial charge is 0.191 e. The second-order valence-electron chi connectivity index (χ2n) is 6.19. The Hall–Kier alpha value is -1.02. The van der Waals surface area contributed by atoms with Gasteiger partial charge in [-0.05, 0) is 20.3 Å². The lowest BCUT2D eigenvalue weighted by atomic mass is 9.89. The van der Waals surface area contributed by atoms with Crippen molar-refractivity contribution in [2.75, 3.05) is 0 Å². The van der Waals surface area contributed by atoms with Crippen molar-refractivity contribution in [2.45, 2.75) is 70.0 Å². The Bertz CT molecular complexity index is 558. The van der Waals surface area contributed by atoms with Gasteiger partial charge in [-0.1, -0.05) is 18.6 Å².